The summed E-state index contributed by atoms with van der Waals surface area (Å²) in [6, 6.07) is 12.8. The van der Waals surface area contributed by atoms with Crippen molar-refractivity contribution in [3.8, 4) is 0 Å². The van der Waals surface area contributed by atoms with E-state index >= 15 is 0 Å². The number of hydrogen-bond donors (Lipinski definition) is 2. The summed E-state index contributed by atoms with van der Waals surface area (Å²) in [6.45, 7) is 2.83. The van der Waals surface area contributed by atoms with Gasteiger partial charge in [0.05, 0.1) is 6.54 Å². The number of nitrogens with one attached hydrogen (secondary N) is 1. The zero-order valence-corrected chi connectivity index (χ0v) is 13.9. The van der Waals surface area contributed by atoms with Gasteiger partial charge in [0.2, 0.25) is 5.91 Å². The molecule has 1 atom stereocenters. The van der Waals surface area contributed by atoms with E-state index in [-0.39, 0.29) is 29.9 Å². The van der Waals surface area contributed by atoms with Gasteiger partial charge in [0.15, 0.2) is 0 Å². The molecule has 1 amide bonds. The van der Waals surface area contributed by atoms with Gasteiger partial charge in [-0.15, -0.1) is 12.4 Å². The molecular weight excluding hydrogens is 314 g/mol. The van der Waals surface area contributed by atoms with E-state index in [0.29, 0.717) is 19.5 Å². The molecule has 1 unspecified atom stereocenters. The Morgan fingerprint density at radius 2 is 1.83 bits per heavy atom. The van der Waals surface area contributed by atoms with Gasteiger partial charge in [0.1, 0.15) is 0 Å². The number of rotatable bonds is 6. The van der Waals surface area contributed by atoms with Crippen LogP contribution < -0.4 is 16.6 Å². The Labute approximate surface area is 141 Å². The molecule has 124 valence electrons. The maximum absolute atomic E-state index is 11.7. The quantitative estimate of drug-likeness (QED) is 0.843. The molecule has 0 aliphatic heterocycles. The van der Waals surface area contributed by atoms with Crippen molar-refractivity contribution >= 4 is 18.3 Å². The summed E-state index contributed by atoms with van der Waals surface area (Å²) in [5, 5.41) is 2.83. The molecule has 1 aromatic carbocycles. The van der Waals surface area contributed by atoms with Crippen LogP contribution in [0, 0.1) is 0 Å². The van der Waals surface area contributed by atoms with E-state index in [1.165, 1.54) is 0 Å². The van der Waals surface area contributed by atoms with Crippen LogP contribution >= 0.6 is 12.4 Å². The van der Waals surface area contributed by atoms with Crippen LogP contribution in [0.15, 0.2) is 53.5 Å². The van der Waals surface area contributed by atoms with Crippen LogP contribution in [-0.4, -0.2) is 16.5 Å². The standard InChI is InChI=1S/C17H21N3O2.ClH/c1-13(18)10-16(21)19-11-14-5-7-15(8-6-14)12-20-9-3-2-4-17(20)22;/h2-9,13H,10-12,18H2,1H3,(H,19,21);1H. The van der Waals surface area contributed by atoms with Gasteiger partial charge in [-0.05, 0) is 24.1 Å². The van der Waals surface area contributed by atoms with Crippen molar-refractivity contribution in [1.29, 1.82) is 0 Å². The number of carbonyl (C=O) groups excluding carboxylic acids is 1. The van der Waals surface area contributed by atoms with Gasteiger partial charge < -0.3 is 15.6 Å². The molecule has 6 heteroatoms. The number of amides is 1. The van der Waals surface area contributed by atoms with Gasteiger partial charge >= 0.3 is 0 Å². The number of halogens is 1. The Kier molecular flexibility index (Phi) is 7.51. The van der Waals surface area contributed by atoms with Crippen molar-refractivity contribution in [3.05, 3.63) is 70.1 Å². The molecule has 0 spiro atoms. The first-order chi connectivity index (χ1) is 10.5. The highest BCUT2D eigenvalue weighted by atomic mass is 35.5. The van der Waals surface area contributed by atoms with Crippen molar-refractivity contribution in [2.75, 3.05) is 0 Å². The molecule has 2 aromatic rings. The summed E-state index contributed by atoms with van der Waals surface area (Å²) >= 11 is 0. The largest absolute Gasteiger partial charge is 0.352 e. The smallest absolute Gasteiger partial charge is 0.250 e. The summed E-state index contributed by atoms with van der Waals surface area (Å²) in [5.41, 5.74) is 7.62. The van der Waals surface area contributed by atoms with Crippen LogP contribution in [0.5, 0.6) is 0 Å². The minimum Gasteiger partial charge on any atom is -0.352 e. The third-order valence-corrected chi connectivity index (χ3v) is 3.27. The monoisotopic (exact) mass is 335 g/mol. The molecule has 3 N–H and O–H groups in total. The molecule has 0 fully saturated rings. The summed E-state index contributed by atoms with van der Waals surface area (Å²) in [7, 11) is 0. The molecule has 1 aromatic heterocycles. The van der Waals surface area contributed by atoms with E-state index in [9.17, 15) is 9.59 Å². The first-order valence-electron chi connectivity index (χ1n) is 7.30. The number of benzene rings is 1. The molecule has 0 saturated heterocycles. The zero-order valence-electron chi connectivity index (χ0n) is 13.1. The molecule has 0 radical (unpaired) electrons. The fraction of sp³-hybridized carbons (Fsp3) is 0.294. The SMILES string of the molecule is CC(N)CC(=O)NCc1ccc(Cn2ccccc2=O)cc1.Cl. The van der Waals surface area contributed by atoms with Crippen LogP contribution in [0.25, 0.3) is 0 Å². The fourth-order valence-corrected chi connectivity index (χ4v) is 2.12. The summed E-state index contributed by atoms with van der Waals surface area (Å²) in [4.78, 5) is 23.2. The van der Waals surface area contributed by atoms with E-state index in [1.54, 1.807) is 29.8 Å². The van der Waals surface area contributed by atoms with Gasteiger partial charge in [-0.2, -0.15) is 0 Å². The van der Waals surface area contributed by atoms with Gasteiger partial charge in [-0.1, -0.05) is 30.3 Å². The minimum absolute atomic E-state index is 0. The summed E-state index contributed by atoms with van der Waals surface area (Å²) in [5.74, 6) is -0.0464. The maximum Gasteiger partial charge on any atom is 0.250 e. The van der Waals surface area contributed by atoms with Gasteiger partial charge in [0, 0.05) is 31.3 Å². The topological polar surface area (TPSA) is 77.1 Å². The number of hydrogen-bond acceptors (Lipinski definition) is 3. The Hall–Kier alpha value is -2.11. The second-order valence-corrected chi connectivity index (χ2v) is 5.44. The van der Waals surface area contributed by atoms with E-state index in [1.807, 2.05) is 30.3 Å². The average Bonchev–Trinajstić information content (AvgIpc) is 2.48. The minimum atomic E-state index is -0.133. The summed E-state index contributed by atoms with van der Waals surface area (Å²) < 4.78 is 1.65. The lowest BCUT2D eigenvalue weighted by Gasteiger charge is -2.09. The van der Waals surface area contributed by atoms with Gasteiger partial charge in [-0.3, -0.25) is 9.59 Å². The van der Waals surface area contributed by atoms with Crippen LogP contribution in [0.4, 0.5) is 0 Å². The number of carbonyl (C=O) groups is 1. The molecule has 5 nitrogen and oxygen atoms in total. The van der Waals surface area contributed by atoms with E-state index < -0.39 is 0 Å². The number of nitrogens with zero attached hydrogens (tertiary/aromatic N) is 1. The third kappa shape index (κ3) is 6.26. The van der Waals surface area contributed by atoms with Gasteiger partial charge in [-0.25, -0.2) is 0 Å². The van der Waals surface area contributed by atoms with E-state index in [4.69, 9.17) is 5.73 Å². The molecule has 0 aliphatic carbocycles. The predicted molar refractivity (Wildman–Crippen MR) is 93.6 cm³/mol. The maximum atomic E-state index is 11.7. The lowest BCUT2D eigenvalue weighted by molar-refractivity contribution is -0.121. The lowest BCUT2D eigenvalue weighted by atomic mass is 10.1. The van der Waals surface area contributed by atoms with Crippen LogP contribution in [0.1, 0.15) is 24.5 Å². The van der Waals surface area contributed by atoms with E-state index in [2.05, 4.69) is 5.32 Å². The lowest BCUT2D eigenvalue weighted by Crippen LogP contribution is -2.29. The normalized spacial score (nSPS) is 11.4. The van der Waals surface area contributed by atoms with Crippen molar-refractivity contribution in [3.63, 3.8) is 0 Å². The molecule has 2 rings (SSSR count). The van der Waals surface area contributed by atoms with Crippen molar-refractivity contribution in [1.82, 2.24) is 9.88 Å². The molecule has 1 heterocycles. The predicted octanol–water partition coefficient (Wildman–Crippen LogP) is 1.67. The second kappa shape index (κ2) is 9.12. The summed E-state index contributed by atoms with van der Waals surface area (Å²) in [6.07, 6.45) is 2.10. The number of pyridine rings is 1. The highest BCUT2D eigenvalue weighted by Crippen LogP contribution is 2.06. The Morgan fingerprint density at radius 3 is 2.43 bits per heavy atom. The van der Waals surface area contributed by atoms with Crippen LogP contribution in [0.2, 0.25) is 0 Å². The van der Waals surface area contributed by atoms with Gasteiger partial charge in [0.25, 0.3) is 5.56 Å². The Bertz CT molecular complexity index is 681. The molecule has 0 aliphatic rings. The zero-order chi connectivity index (χ0) is 15.9. The molecule has 0 saturated carbocycles. The average molecular weight is 336 g/mol. The van der Waals surface area contributed by atoms with Crippen LogP contribution in [-0.2, 0) is 17.9 Å². The van der Waals surface area contributed by atoms with Crippen molar-refractivity contribution in [2.45, 2.75) is 32.5 Å². The number of nitrogens with two attached hydrogens (primary N) is 1. The van der Waals surface area contributed by atoms with Crippen LogP contribution in [0.3, 0.4) is 0 Å². The fourth-order valence-electron chi connectivity index (χ4n) is 2.12. The third-order valence-electron chi connectivity index (χ3n) is 3.27. The van der Waals surface area contributed by atoms with Crippen molar-refractivity contribution in [2.24, 2.45) is 5.73 Å². The number of aromatic nitrogens is 1. The Morgan fingerprint density at radius 1 is 1.17 bits per heavy atom. The first-order valence-corrected chi connectivity index (χ1v) is 7.30. The molecular formula is C17H22ClN3O2. The molecule has 23 heavy (non-hydrogen) atoms. The Balaban J connectivity index is 0.00000264. The highest BCUT2D eigenvalue weighted by Gasteiger charge is 2.04. The first kappa shape index (κ1) is 18.9. The van der Waals surface area contributed by atoms with Crippen molar-refractivity contribution < 1.29 is 4.79 Å². The highest BCUT2D eigenvalue weighted by molar-refractivity contribution is 5.85. The second-order valence-electron chi connectivity index (χ2n) is 5.44. The van der Waals surface area contributed by atoms with E-state index in [0.717, 1.165) is 11.1 Å². The molecule has 0 bridgehead atoms.